The highest BCUT2D eigenvalue weighted by Crippen LogP contribution is 2.13. The highest BCUT2D eigenvalue weighted by Gasteiger charge is 2.19. The van der Waals surface area contributed by atoms with Gasteiger partial charge in [-0.3, -0.25) is 14.4 Å². The minimum absolute atomic E-state index is 0.114. The molecule has 0 aromatic carbocycles. The van der Waals surface area contributed by atoms with Crippen molar-refractivity contribution in [1.29, 1.82) is 0 Å². The van der Waals surface area contributed by atoms with Crippen molar-refractivity contribution in [2.45, 2.75) is 245 Å². The van der Waals surface area contributed by atoms with E-state index in [1.54, 1.807) is 0 Å². The number of carbonyl (C=O) groups is 3. The third-order valence-corrected chi connectivity index (χ3v) is 11.4. The van der Waals surface area contributed by atoms with Gasteiger partial charge in [-0.15, -0.1) is 0 Å². The van der Waals surface area contributed by atoms with Gasteiger partial charge < -0.3 is 14.2 Å². The lowest BCUT2D eigenvalue weighted by Gasteiger charge is -2.18. The number of hydrogen-bond acceptors (Lipinski definition) is 6. The highest BCUT2D eigenvalue weighted by atomic mass is 16.6. The maximum absolute atomic E-state index is 12.8. The van der Waals surface area contributed by atoms with Gasteiger partial charge in [0, 0.05) is 19.3 Å². The fourth-order valence-corrected chi connectivity index (χ4v) is 7.21. The zero-order valence-electron chi connectivity index (χ0n) is 44.5. The van der Waals surface area contributed by atoms with E-state index in [0.29, 0.717) is 19.3 Å². The molecule has 0 saturated carbocycles. The van der Waals surface area contributed by atoms with Crippen molar-refractivity contribution in [2.75, 3.05) is 13.2 Å². The van der Waals surface area contributed by atoms with Gasteiger partial charge in [-0.2, -0.15) is 0 Å². The molecule has 390 valence electrons. The van der Waals surface area contributed by atoms with Crippen LogP contribution in [-0.2, 0) is 28.6 Å². The van der Waals surface area contributed by atoms with E-state index < -0.39 is 6.10 Å². The molecule has 0 fully saturated rings. The first-order chi connectivity index (χ1) is 34.0. The predicted octanol–water partition coefficient (Wildman–Crippen LogP) is 18.9. The molecule has 0 heterocycles. The quantitative estimate of drug-likeness (QED) is 0.0262. The lowest BCUT2D eigenvalue weighted by atomic mass is 10.1. The summed E-state index contributed by atoms with van der Waals surface area (Å²) in [6.07, 6.45) is 77.5. The monoisotopic (exact) mass is 955 g/mol. The van der Waals surface area contributed by atoms with Gasteiger partial charge in [0.2, 0.25) is 0 Å². The number of carbonyl (C=O) groups excluding carboxylic acids is 3. The Hall–Kier alpha value is -4.19. The number of ether oxygens (including phenoxy) is 3. The number of rotatable bonds is 49. The molecule has 0 aliphatic carbocycles. The Kier molecular flexibility index (Phi) is 53.0. The van der Waals surface area contributed by atoms with E-state index in [0.717, 1.165) is 122 Å². The summed E-state index contributed by atoms with van der Waals surface area (Å²) < 4.78 is 16.8. The molecule has 0 N–H and O–H groups in total. The van der Waals surface area contributed by atoms with E-state index in [1.165, 1.54) is 77.0 Å². The van der Waals surface area contributed by atoms with Crippen molar-refractivity contribution in [1.82, 2.24) is 0 Å². The van der Waals surface area contributed by atoms with Crippen LogP contribution in [0, 0.1) is 0 Å². The summed E-state index contributed by atoms with van der Waals surface area (Å²) >= 11 is 0. The van der Waals surface area contributed by atoms with Gasteiger partial charge in [-0.25, -0.2) is 0 Å². The summed E-state index contributed by atoms with van der Waals surface area (Å²) in [6.45, 7) is 6.40. The molecule has 0 bridgehead atoms. The average molecular weight is 956 g/mol. The van der Waals surface area contributed by atoms with Crippen molar-refractivity contribution in [2.24, 2.45) is 0 Å². The third-order valence-electron chi connectivity index (χ3n) is 11.4. The fourth-order valence-electron chi connectivity index (χ4n) is 7.21. The SMILES string of the molecule is CC/C=C\C/C=C\C/C=C\C/C=C\C/C=C\CCCCCC(=O)OC[C@@H](COC(=O)CCCC/C=C\C/C=C\C/C=C\CCCCC)OC(=O)CCCCCCCCC/C=C\C/C=C\CCCCC. The maximum Gasteiger partial charge on any atom is 0.306 e. The van der Waals surface area contributed by atoms with Gasteiger partial charge >= 0.3 is 17.9 Å². The summed E-state index contributed by atoms with van der Waals surface area (Å²) in [5.41, 5.74) is 0. The first-order valence-corrected chi connectivity index (χ1v) is 28.0. The largest absolute Gasteiger partial charge is 0.462 e. The van der Waals surface area contributed by atoms with Crippen LogP contribution in [0.15, 0.2) is 122 Å². The lowest BCUT2D eigenvalue weighted by Crippen LogP contribution is -2.30. The molecule has 69 heavy (non-hydrogen) atoms. The minimum Gasteiger partial charge on any atom is -0.462 e. The Morgan fingerprint density at radius 2 is 0.565 bits per heavy atom. The molecule has 0 unspecified atom stereocenters. The van der Waals surface area contributed by atoms with Crippen molar-refractivity contribution in [3.63, 3.8) is 0 Å². The van der Waals surface area contributed by atoms with Gasteiger partial charge in [-0.1, -0.05) is 206 Å². The molecule has 0 saturated heterocycles. The number of unbranched alkanes of at least 4 members (excludes halogenated alkanes) is 18. The molecule has 0 aliphatic heterocycles. The van der Waals surface area contributed by atoms with Crippen LogP contribution in [0.4, 0.5) is 0 Å². The second kappa shape index (κ2) is 56.4. The molecule has 0 aliphatic rings. The van der Waals surface area contributed by atoms with Crippen LogP contribution >= 0.6 is 0 Å². The molecular formula is C63H102O6. The topological polar surface area (TPSA) is 78.9 Å². The molecule has 0 radical (unpaired) electrons. The Labute approximate surface area is 424 Å². The normalized spacial score (nSPS) is 13.0. The van der Waals surface area contributed by atoms with Gasteiger partial charge in [0.05, 0.1) is 0 Å². The van der Waals surface area contributed by atoms with Gasteiger partial charge in [0.25, 0.3) is 0 Å². The van der Waals surface area contributed by atoms with Crippen LogP contribution in [0.2, 0.25) is 0 Å². The predicted molar refractivity (Wildman–Crippen MR) is 297 cm³/mol. The van der Waals surface area contributed by atoms with Crippen molar-refractivity contribution in [3.8, 4) is 0 Å². The second-order valence-corrected chi connectivity index (χ2v) is 18.1. The molecule has 0 spiro atoms. The van der Waals surface area contributed by atoms with Crippen LogP contribution in [0.5, 0.6) is 0 Å². The average Bonchev–Trinajstić information content (AvgIpc) is 3.35. The van der Waals surface area contributed by atoms with Crippen LogP contribution in [-0.4, -0.2) is 37.2 Å². The smallest absolute Gasteiger partial charge is 0.306 e. The summed E-state index contributed by atoms with van der Waals surface area (Å²) in [5.74, 6) is -0.993. The summed E-state index contributed by atoms with van der Waals surface area (Å²) in [4.78, 5) is 38.1. The van der Waals surface area contributed by atoms with E-state index >= 15 is 0 Å². The first kappa shape index (κ1) is 64.8. The molecule has 6 heteroatoms. The van der Waals surface area contributed by atoms with E-state index in [1.807, 2.05) is 0 Å². The molecule has 0 amide bonds. The molecule has 1 atom stereocenters. The van der Waals surface area contributed by atoms with Crippen LogP contribution < -0.4 is 0 Å². The van der Waals surface area contributed by atoms with Gasteiger partial charge in [0.15, 0.2) is 6.10 Å². The van der Waals surface area contributed by atoms with E-state index in [9.17, 15) is 14.4 Å². The van der Waals surface area contributed by atoms with Gasteiger partial charge in [-0.05, 0) is 135 Å². The van der Waals surface area contributed by atoms with Gasteiger partial charge in [0.1, 0.15) is 13.2 Å². The molecular weight excluding hydrogens is 853 g/mol. The minimum atomic E-state index is -0.816. The van der Waals surface area contributed by atoms with Crippen molar-refractivity contribution in [3.05, 3.63) is 122 Å². The van der Waals surface area contributed by atoms with Crippen molar-refractivity contribution >= 4 is 17.9 Å². The Balaban J connectivity index is 4.54. The van der Waals surface area contributed by atoms with Crippen molar-refractivity contribution < 1.29 is 28.6 Å². The fraction of sp³-hybridized carbons (Fsp3) is 0.635. The summed E-state index contributed by atoms with van der Waals surface area (Å²) in [7, 11) is 0. The second-order valence-electron chi connectivity index (χ2n) is 18.1. The Bertz CT molecular complexity index is 1470. The number of allylic oxidation sites excluding steroid dienone is 20. The zero-order chi connectivity index (χ0) is 50.0. The maximum atomic E-state index is 12.8. The molecule has 0 aromatic heterocycles. The standard InChI is InChI=1S/C63H102O6/c1-4-7-10-13-16-19-22-25-28-30-31-33-35-38-41-44-47-50-53-56-62(65)68-59-60(58-67-61(64)55-52-49-46-43-40-37-34-27-24-21-18-15-12-9-6-3)69-63(66)57-54-51-48-45-42-39-36-32-29-26-23-20-17-14-11-8-5-2/h7,10,16-21,25-29,31,33-34,38,40-41,43,60H,4-6,8-9,11-15,22-24,30,32,35-37,39,42,44-59H2,1-3H3/b10-7-,19-16-,20-17-,21-18-,28-25-,29-26-,33-31-,34-27-,41-38-,43-40-/t60-/m1/s1. The third kappa shape index (κ3) is 54.6. The van der Waals surface area contributed by atoms with E-state index in [4.69, 9.17) is 14.2 Å². The molecule has 0 rings (SSSR count). The number of hydrogen-bond donors (Lipinski definition) is 0. The Morgan fingerprint density at radius 3 is 0.928 bits per heavy atom. The van der Waals surface area contributed by atoms with E-state index in [-0.39, 0.29) is 31.1 Å². The lowest BCUT2D eigenvalue weighted by molar-refractivity contribution is -0.167. The van der Waals surface area contributed by atoms with Crippen LogP contribution in [0.1, 0.15) is 239 Å². The van der Waals surface area contributed by atoms with E-state index in [2.05, 4.69) is 142 Å². The summed E-state index contributed by atoms with van der Waals surface area (Å²) in [5, 5.41) is 0. The molecule has 0 aromatic rings. The highest BCUT2D eigenvalue weighted by molar-refractivity contribution is 5.71. The van der Waals surface area contributed by atoms with Crippen LogP contribution in [0.3, 0.4) is 0 Å². The zero-order valence-corrected chi connectivity index (χ0v) is 44.5. The Morgan fingerprint density at radius 1 is 0.304 bits per heavy atom. The number of esters is 3. The van der Waals surface area contributed by atoms with Crippen LogP contribution in [0.25, 0.3) is 0 Å². The first-order valence-electron chi connectivity index (χ1n) is 28.0. The molecule has 6 nitrogen and oxygen atoms in total. The summed E-state index contributed by atoms with van der Waals surface area (Å²) in [6, 6.07) is 0.